The van der Waals surface area contributed by atoms with E-state index in [1.54, 1.807) is 20.4 Å². The maximum Gasteiger partial charge on any atom is 0.315 e. The van der Waals surface area contributed by atoms with Crippen LogP contribution in [0.1, 0.15) is 141 Å². The third-order valence-electron chi connectivity index (χ3n) is 7.25. The van der Waals surface area contributed by atoms with Crippen molar-refractivity contribution in [2.75, 3.05) is 54.2 Å². The summed E-state index contributed by atoms with van der Waals surface area (Å²) in [5.41, 5.74) is 0. The van der Waals surface area contributed by atoms with Crippen molar-refractivity contribution in [3.8, 4) is 0 Å². The van der Waals surface area contributed by atoms with Crippen molar-refractivity contribution >= 4 is 18.2 Å². The first-order valence-electron chi connectivity index (χ1n) is 16.4. The Morgan fingerprint density at radius 3 is 1.20 bits per heavy atom. The third-order valence-corrected chi connectivity index (χ3v) is 7.25. The summed E-state index contributed by atoms with van der Waals surface area (Å²) in [5, 5.41) is 0. The summed E-state index contributed by atoms with van der Waals surface area (Å²) in [6, 6.07) is 0. The van der Waals surface area contributed by atoms with Gasteiger partial charge in [-0.05, 0) is 25.7 Å². The largest absolute Gasteiger partial charge is 0.465 e. The number of esters is 2. The van der Waals surface area contributed by atoms with Crippen molar-refractivity contribution in [2.24, 2.45) is 0 Å². The maximum absolute atomic E-state index is 12.0. The molecule has 236 valence electrons. The van der Waals surface area contributed by atoms with Gasteiger partial charge in [-0.1, -0.05) is 103 Å². The van der Waals surface area contributed by atoms with Gasteiger partial charge in [-0.2, -0.15) is 0 Å². The lowest BCUT2D eigenvalue weighted by molar-refractivity contribution is -0.492. The van der Waals surface area contributed by atoms with Crippen LogP contribution in [0.4, 0.5) is 0 Å². The molecule has 0 aromatic heterocycles. The summed E-state index contributed by atoms with van der Waals surface area (Å²) < 4.78 is 22.7. The molecule has 0 fully saturated rings. The van der Waals surface area contributed by atoms with Crippen LogP contribution in [0.3, 0.4) is 0 Å². The Morgan fingerprint density at radius 2 is 0.825 bits per heavy atom. The van der Waals surface area contributed by atoms with E-state index in [4.69, 9.17) is 18.9 Å². The van der Waals surface area contributed by atoms with Gasteiger partial charge in [0.05, 0.1) is 13.2 Å². The lowest BCUT2D eigenvalue weighted by Crippen LogP contribution is -2.17. The lowest BCUT2D eigenvalue weighted by Gasteiger charge is -2.05. The predicted molar refractivity (Wildman–Crippen MR) is 164 cm³/mol. The number of hydrogen-bond donors (Lipinski definition) is 0. The van der Waals surface area contributed by atoms with Gasteiger partial charge in [-0.3, -0.25) is 9.59 Å². The number of nitrogens with zero attached hydrogens (tertiary/aromatic N) is 1. The number of carbonyl (C=O) groups excluding carboxylic acids is 2. The van der Waals surface area contributed by atoms with Crippen molar-refractivity contribution in [1.29, 1.82) is 0 Å². The molecule has 0 aromatic carbocycles. The number of ether oxygens (including phenoxy) is 4. The normalized spacial score (nSPS) is 11.6. The Bertz CT molecular complexity index is 595. The van der Waals surface area contributed by atoms with Crippen molar-refractivity contribution in [1.82, 2.24) is 0 Å². The SMILES string of the molecule is COCCCCCCCCCCCCOC(=O)CC=[N+](C)CCC(=O)OCCCCCCCCCCCCOC. The maximum atomic E-state index is 12.0. The molecular weight excluding hydrogens is 506 g/mol. The van der Waals surface area contributed by atoms with Crippen LogP contribution in [0.25, 0.3) is 0 Å². The Kier molecular flexibility index (Phi) is 30.9. The van der Waals surface area contributed by atoms with Gasteiger partial charge < -0.3 is 18.9 Å². The molecule has 7 heteroatoms. The van der Waals surface area contributed by atoms with Gasteiger partial charge in [0.15, 0.2) is 12.8 Å². The molecule has 0 aliphatic rings. The summed E-state index contributed by atoms with van der Waals surface area (Å²) in [5.74, 6) is -0.372. The molecule has 40 heavy (non-hydrogen) atoms. The number of hydrogen-bond acceptors (Lipinski definition) is 6. The van der Waals surface area contributed by atoms with E-state index in [2.05, 4.69) is 0 Å². The number of rotatable bonds is 31. The van der Waals surface area contributed by atoms with Gasteiger partial charge in [-0.25, -0.2) is 4.58 Å². The van der Waals surface area contributed by atoms with Gasteiger partial charge in [0.2, 0.25) is 0 Å². The van der Waals surface area contributed by atoms with E-state index in [0.717, 1.165) is 38.9 Å². The van der Waals surface area contributed by atoms with E-state index in [0.29, 0.717) is 26.2 Å². The lowest BCUT2D eigenvalue weighted by atomic mass is 10.1. The van der Waals surface area contributed by atoms with Crippen LogP contribution in [0.5, 0.6) is 0 Å². The molecule has 0 aromatic rings. The Balaban J connectivity index is 3.47. The quantitative estimate of drug-likeness (QED) is 0.0369. The summed E-state index contributed by atoms with van der Waals surface area (Å²) in [6.45, 7) is 3.32. The van der Waals surface area contributed by atoms with Gasteiger partial charge in [0.1, 0.15) is 19.9 Å². The fraction of sp³-hybridized carbons (Fsp3) is 0.909. The molecule has 0 amide bonds. The smallest absolute Gasteiger partial charge is 0.315 e. The Morgan fingerprint density at radius 1 is 0.500 bits per heavy atom. The minimum atomic E-state index is -0.204. The number of unbranched alkanes of at least 4 members (excludes halogenated alkanes) is 18. The van der Waals surface area contributed by atoms with E-state index in [1.807, 2.05) is 11.6 Å². The van der Waals surface area contributed by atoms with Crippen LogP contribution in [0.15, 0.2) is 0 Å². The molecule has 7 nitrogen and oxygen atoms in total. The monoisotopic (exact) mass is 570 g/mol. The molecule has 0 heterocycles. The van der Waals surface area contributed by atoms with Crippen LogP contribution in [0, 0.1) is 0 Å². The average molecular weight is 571 g/mol. The molecule has 0 unspecified atom stereocenters. The predicted octanol–water partition coefficient (Wildman–Crippen LogP) is 7.66. The Hall–Kier alpha value is -1.47. The first-order chi connectivity index (χ1) is 19.6. The minimum Gasteiger partial charge on any atom is -0.465 e. The zero-order chi connectivity index (χ0) is 29.4. The molecular formula is C33H64NO6+. The zero-order valence-electron chi connectivity index (χ0n) is 26.6. The summed E-state index contributed by atoms with van der Waals surface area (Å²) in [7, 11) is 5.40. The molecule has 0 radical (unpaired) electrons. The highest BCUT2D eigenvalue weighted by molar-refractivity contribution is 5.84. The van der Waals surface area contributed by atoms with Gasteiger partial charge >= 0.3 is 11.9 Å². The second kappa shape index (κ2) is 32.0. The second-order valence-electron chi connectivity index (χ2n) is 11.1. The minimum absolute atomic E-state index is 0.168. The third kappa shape index (κ3) is 31.1. The van der Waals surface area contributed by atoms with Crippen LogP contribution in [0.2, 0.25) is 0 Å². The van der Waals surface area contributed by atoms with Crippen LogP contribution < -0.4 is 0 Å². The molecule has 0 saturated carbocycles. The van der Waals surface area contributed by atoms with Crippen molar-refractivity contribution < 1.29 is 33.1 Å². The van der Waals surface area contributed by atoms with E-state index < -0.39 is 0 Å². The molecule has 0 bridgehead atoms. The van der Waals surface area contributed by atoms with Crippen molar-refractivity contribution in [2.45, 2.75) is 141 Å². The summed E-state index contributed by atoms with van der Waals surface area (Å²) in [4.78, 5) is 23.9. The summed E-state index contributed by atoms with van der Waals surface area (Å²) >= 11 is 0. The first-order valence-corrected chi connectivity index (χ1v) is 16.4. The fourth-order valence-electron chi connectivity index (χ4n) is 4.62. The van der Waals surface area contributed by atoms with Crippen LogP contribution in [-0.2, 0) is 28.5 Å². The number of methoxy groups -OCH3 is 2. The van der Waals surface area contributed by atoms with E-state index in [-0.39, 0.29) is 18.4 Å². The second-order valence-corrected chi connectivity index (χ2v) is 11.1. The standard InChI is InChI=1S/C33H64NO6/c1-34(26-24-32(35)39-30-22-18-14-10-6-4-8-12-16-20-28-37-2)27-25-33(36)40-31-23-19-15-11-7-5-9-13-17-21-29-38-3/h26H,4-25,27-31H2,1-3H3/q+1. The molecule has 0 rings (SSSR count). The molecule has 0 spiro atoms. The average Bonchev–Trinajstić information content (AvgIpc) is 2.95. The zero-order valence-corrected chi connectivity index (χ0v) is 26.6. The highest BCUT2D eigenvalue weighted by Gasteiger charge is 2.09. The molecule has 0 saturated heterocycles. The fourth-order valence-corrected chi connectivity index (χ4v) is 4.62. The highest BCUT2D eigenvalue weighted by Crippen LogP contribution is 2.12. The van der Waals surface area contributed by atoms with Gasteiger partial charge in [0, 0.05) is 27.4 Å². The highest BCUT2D eigenvalue weighted by atomic mass is 16.5. The van der Waals surface area contributed by atoms with Gasteiger partial charge in [-0.15, -0.1) is 0 Å². The van der Waals surface area contributed by atoms with Crippen molar-refractivity contribution in [3.63, 3.8) is 0 Å². The topological polar surface area (TPSA) is 74.1 Å². The number of carbonyl (C=O) groups is 2. The van der Waals surface area contributed by atoms with E-state index in [1.165, 1.54) is 103 Å². The van der Waals surface area contributed by atoms with Crippen molar-refractivity contribution in [3.05, 3.63) is 0 Å². The molecule has 0 aliphatic carbocycles. The first kappa shape index (κ1) is 38.5. The molecule has 0 N–H and O–H groups in total. The summed E-state index contributed by atoms with van der Waals surface area (Å²) in [6.07, 6.45) is 26.9. The Labute approximate surface area is 246 Å². The molecule has 0 aliphatic heterocycles. The van der Waals surface area contributed by atoms with E-state index >= 15 is 0 Å². The van der Waals surface area contributed by atoms with Crippen LogP contribution in [-0.4, -0.2) is 77.0 Å². The van der Waals surface area contributed by atoms with Gasteiger partial charge in [0.25, 0.3) is 0 Å². The van der Waals surface area contributed by atoms with Crippen LogP contribution >= 0.6 is 0 Å². The van der Waals surface area contributed by atoms with E-state index in [9.17, 15) is 9.59 Å². The molecule has 0 atom stereocenters.